The fourth-order valence-corrected chi connectivity index (χ4v) is 4.48. The highest BCUT2D eigenvalue weighted by Gasteiger charge is 2.23. The van der Waals surface area contributed by atoms with Crippen molar-refractivity contribution in [2.45, 2.75) is 64.0 Å². The van der Waals surface area contributed by atoms with Crippen LogP contribution in [0.1, 0.15) is 63.5 Å². The SMILES string of the molecule is CCNC(=NCC(O)c1ccc(F)cc1)NC1CCN(CC2CCCCC2)CC1. The average Bonchev–Trinajstić information content (AvgIpc) is 2.74. The number of aliphatic imine (C=N–C) groups is 1. The average molecular weight is 405 g/mol. The maximum Gasteiger partial charge on any atom is 0.191 e. The number of halogens is 1. The highest BCUT2D eigenvalue weighted by atomic mass is 19.1. The molecule has 0 radical (unpaired) electrons. The molecular weight excluding hydrogens is 367 g/mol. The Kier molecular flexibility index (Phi) is 8.74. The van der Waals surface area contributed by atoms with Crippen LogP contribution < -0.4 is 10.6 Å². The molecule has 1 atom stereocenters. The summed E-state index contributed by atoms with van der Waals surface area (Å²) in [4.78, 5) is 7.19. The van der Waals surface area contributed by atoms with Gasteiger partial charge < -0.3 is 20.6 Å². The summed E-state index contributed by atoms with van der Waals surface area (Å²) in [7, 11) is 0. The molecule has 29 heavy (non-hydrogen) atoms. The van der Waals surface area contributed by atoms with Gasteiger partial charge in [0.2, 0.25) is 0 Å². The Hall–Kier alpha value is -1.66. The zero-order chi connectivity index (χ0) is 20.5. The predicted octanol–water partition coefficient (Wildman–Crippen LogP) is 3.46. The quantitative estimate of drug-likeness (QED) is 0.481. The van der Waals surface area contributed by atoms with Crippen molar-refractivity contribution >= 4 is 5.96 Å². The molecule has 1 unspecified atom stereocenters. The van der Waals surface area contributed by atoms with Crippen LogP contribution in [0.15, 0.2) is 29.3 Å². The van der Waals surface area contributed by atoms with E-state index >= 15 is 0 Å². The van der Waals surface area contributed by atoms with E-state index in [1.807, 2.05) is 6.92 Å². The molecule has 1 saturated heterocycles. The molecule has 0 aromatic heterocycles. The zero-order valence-corrected chi connectivity index (χ0v) is 17.7. The number of guanidine groups is 1. The Morgan fingerprint density at radius 1 is 1.14 bits per heavy atom. The third-order valence-electron chi connectivity index (χ3n) is 6.19. The van der Waals surface area contributed by atoms with Gasteiger partial charge in [0, 0.05) is 32.2 Å². The van der Waals surface area contributed by atoms with Crippen molar-refractivity contribution in [1.29, 1.82) is 0 Å². The second kappa shape index (κ2) is 11.5. The molecule has 0 spiro atoms. The normalized spacial score (nSPS) is 21.1. The monoisotopic (exact) mass is 404 g/mol. The molecule has 3 rings (SSSR count). The second-order valence-electron chi connectivity index (χ2n) is 8.51. The van der Waals surface area contributed by atoms with Crippen molar-refractivity contribution in [3.05, 3.63) is 35.6 Å². The van der Waals surface area contributed by atoms with Gasteiger partial charge >= 0.3 is 0 Å². The Balaban J connectivity index is 1.44. The van der Waals surface area contributed by atoms with Crippen LogP contribution in [-0.2, 0) is 0 Å². The smallest absolute Gasteiger partial charge is 0.191 e. The molecule has 0 amide bonds. The number of benzene rings is 1. The minimum atomic E-state index is -0.733. The molecule has 6 heteroatoms. The molecule has 5 nitrogen and oxygen atoms in total. The van der Waals surface area contributed by atoms with Crippen molar-refractivity contribution in [2.24, 2.45) is 10.9 Å². The molecule has 2 fully saturated rings. The van der Waals surface area contributed by atoms with Gasteiger partial charge in [0.25, 0.3) is 0 Å². The molecule has 1 aliphatic heterocycles. The number of piperidine rings is 1. The third-order valence-corrected chi connectivity index (χ3v) is 6.19. The van der Waals surface area contributed by atoms with Gasteiger partial charge in [-0.15, -0.1) is 0 Å². The fourth-order valence-electron chi connectivity index (χ4n) is 4.48. The molecule has 2 aliphatic rings. The van der Waals surface area contributed by atoms with E-state index in [0.717, 1.165) is 44.4 Å². The first-order chi connectivity index (χ1) is 14.1. The lowest BCUT2D eigenvalue weighted by atomic mass is 9.88. The summed E-state index contributed by atoms with van der Waals surface area (Å²) in [5.74, 6) is 1.36. The standard InChI is InChI=1S/C23H37FN4O/c1-2-25-23(26-16-22(29)19-8-10-20(24)11-9-19)27-21-12-14-28(15-13-21)17-18-6-4-3-5-7-18/h8-11,18,21-22,29H,2-7,12-17H2,1H3,(H2,25,26,27). The van der Waals surface area contributed by atoms with Gasteiger partial charge in [-0.1, -0.05) is 31.4 Å². The van der Waals surface area contributed by atoms with E-state index in [9.17, 15) is 9.50 Å². The Bertz CT molecular complexity index is 622. The summed E-state index contributed by atoms with van der Waals surface area (Å²) < 4.78 is 13.1. The Morgan fingerprint density at radius 2 is 1.83 bits per heavy atom. The zero-order valence-electron chi connectivity index (χ0n) is 17.7. The maximum absolute atomic E-state index is 13.1. The molecule has 1 saturated carbocycles. The summed E-state index contributed by atoms with van der Waals surface area (Å²) in [6.45, 7) is 6.63. The minimum absolute atomic E-state index is 0.251. The summed E-state index contributed by atoms with van der Waals surface area (Å²) >= 11 is 0. The van der Waals surface area contributed by atoms with Gasteiger partial charge in [-0.05, 0) is 56.2 Å². The number of aliphatic hydroxyl groups excluding tert-OH is 1. The third kappa shape index (κ3) is 7.27. The van der Waals surface area contributed by atoms with Crippen molar-refractivity contribution in [3.63, 3.8) is 0 Å². The molecule has 1 aromatic rings. The van der Waals surface area contributed by atoms with Crippen LogP contribution in [0.25, 0.3) is 0 Å². The summed E-state index contributed by atoms with van der Waals surface area (Å²) in [5.41, 5.74) is 0.682. The lowest BCUT2D eigenvalue weighted by Crippen LogP contribution is -2.49. The molecule has 1 aliphatic carbocycles. The fraction of sp³-hybridized carbons (Fsp3) is 0.696. The largest absolute Gasteiger partial charge is 0.386 e. The van der Waals surface area contributed by atoms with Crippen LogP contribution >= 0.6 is 0 Å². The number of aliphatic hydroxyl groups is 1. The van der Waals surface area contributed by atoms with Crippen molar-refractivity contribution < 1.29 is 9.50 Å². The van der Waals surface area contributed by atoms with E-state index in [1.54, 1.807) is 12.1 Å². The molecule has 1 aromatic carbocycles. The van der Waals surface area contributed by atoms with Crippen LogP contribution in [0.4, 0.5) is 4.39 Å². The summed E-state index contributed by atoms with van der Waals surface area (Å²) in [6.07, 6.45) is 8.57. The predicted molar refractivity (Wildman–Crippen MR) is 117 cm³/mol. The van der Waals surface area contributed by atoms with Crippen molar-refractivity contribution in [2.75, 3.05) is 32.7 Å². The number of hydrogen-bond acceptors (Lipinski definition) is 3. The number of rotatable bonds is 7. The van der Waals surface area contributed by atoms with Gasteiger partial charge in [-0.2, -0.15) is 0 Å². The van der Waals surface area contributed by atoms with E-state index in [1.165, 1.54) is 50.8 Å². The maximum atomic E-state index is 13.1. The topological polar surface area (TPSA) is 59.9 Å². The second-order valence-corrected chi connectivity index (χ2v) is 8.51. The lowest BCUT2D eigenvalue weighted by molar-refractivity contribution is 0.160. The van der Waals surface area contributed by atoms with Crippen LogP contribution in [-0.4, -0.2) is 54.7 Å². The first-order valence-corrected chi connectivity index (χ1v) is 11.3. The van der Waals surface area contributed by atoms with Gasteiger partial charge in [0.05, 0.1) is 12.6 Å². The van der Waals surface area contributed by atoms with E-state index in [2.05, 4.69) is 20.5 Å². The number of nitrogens with one attached hydrogen (secondary N) is 2. The number of nitrogens with zero attached hydrogens (tertiary/aromatic N) is 2. The first kappa shape index (κ1) is 22.0. The van der Waals surface area contributed by atoms with E-state index in [0.29, 0.717) is 11.6 Å². The molecule has 3 N–H and O–H groups in total. The molecule has 162 valence electrons. The summed E-state index contributed by atoms with van der Waals surface area (Å²) in [5, 5.41) is 17.1. The van der Waals surface area contributed by atoms with Gasteiger partial charge in [-0.3, -0.25) is 4.99 Å². The van der Waals surface area contributed by atoms with Crippen LogP contribution in [0, 0.1) is 11.7 Å². The number of likely N-dealkylation sites (tertiary alicyclic amines) is 1. The van der Waals surface area contributed by atoms with Crippen LogP contribution in [0.3, 0.4) is 0 Å². The molecule has 0 bridgehead atoms. The van der Waals surface area contributed by atoms with Gasteiger partial charge in [0.1, 0.15) is 5.82 Å². The van der Waals surface area contributed by atoms with Crippen LogP contribution in [0.5, 0.6) is 0 Å². The Morgan fingerprint density at radius 3 is 2.48 bits per heavy atom. The first-order valence-electron chi connectivity index (χ1n) is 11.3. The van der Waals surface area contributed by atoms with E-state index < -0.39 is 6.10 Å². The van der Waals surface area contributed by atoms with Crippen molar-refractivity contribution in [3.8, 4) is 0 Å². The van der Waals surface area contributed by atoms with Crippen LogP contribution in [0.2, 0.25) is 0 Å². The van der Waals surface area contributed by atoms with E-state index in [4.69, 9.17) is 0 Å². The van der Waals surface area contributed by atoms with E-state index in [-0.39, 0.29) is 12.4 Å². The number of hydrogen-bond donors (Lipinski definition) is 3. The minimum Gasteiger partial charge on any atom is -0.386 e. The Labute approximate surface area is 174 Å². The van der Waals surface area contributed by atoms with Gasteiger partial charge in [0.15, 0.2) is 5.96 Å². The lowest BCUT2D eigenvalue weighted by Gasteiger charge is -2.36. The highest BCUT2D eigenvalue weighted by molar-refractivity contribution is 5.80. The molecule has 1 heterocycles. The summed E-state index contributed by atoms with van der Waals surface area (Å²) in [6, 6.07) is 6.37. The molecular formula is C23H37FN4O. The van der Waals surface area contributed by atoms with Gasteiger partial charge in [-0.25, -0.2) is 4.39 Å². The highest BCUT2D eigenvalue weighted by Crippen LogP contribution is 2.25. The van der Waals surface area contributed by atoms with Crippen molar-refractivity contribution in [1.82, 2.24) is 15.5 Å².